The molecule has 1 N–H and O–H groups in total. The summed E-state index contributed by atoms with van der Waals surface area (Å²) in [5.41, 5.74) is 1.65. The molecule has 0 heterocycles. The van der Waals surface area contributed by atoms with Gasteiger partial charge in [-0.2, -0.15) is 5.26 Å². The Balaban J connectivity index is 3.10. The molecule has 1 aromatic rings. The standard InChI is InChI=1S/C9H8BrNO/c1-6-2-7(9(12)5-11)4-8(10)3-6/h2-4,9,12H,1H3. The number of aliphatic hydroxyl groups is 1. The lowest BCUT2D eigenvalue weighted by atomic mass is 10.1. The van der Waals surface area contributed by atoms with Crippen LogP contribution in [0.4, 0.5) is 0 Å². The van der Waals surface area contributed by atoms with Crippen molar-refractivity contribution < 1.29 is 5.11 Å². The maximum absolute atomic E-state index is 9.20. The van der Waals surface area contributed by atoms with E-state index in [9.17, 15) is 5.11 Å². The van der Waals surface area contributed by atoms with Crippen molar-refractivity contribution >= 4 is 15.9 Å². The summed E-state index contributed by atoms with van der Waals surface area (Å²) >= 11 is 3.29. The third-order valence-electron chi connectivity index (χ3n) is 1.50. The van der Waals surface area contributed by atoms with Gasteiger partial charge in [-0.1, -0.05) is 22.0 Å². The molecule has 1 atom stereocenters. The van der Waals surface area contributed by atoms with Crippen LogP contribution in [-0.4, -0.2) is 5.11 Å². The average Bonchev–Trinajstić information content (AvgIpc) is 2.01. The lowest BCUT2D eigenvalue weighted by Gasteiger charge is -2.03. The molecule has 1 unspecified atom stereocenters. The summed E-state index contributed by atoms with van der Waals surface area (Å²) in [6, 6.07) is 7.22. The minimum atomic E-state index is -1.03. The molecule has 0 amide bonds. The van der Waals surface area contributed by atoms with Crippen molar-refractivity contribution in [2.75, 3.05) is 0 Å². The summed E-state index contributed by atoms with van der Waals surface area (Å²) in [5.74, 6) is 0. The van der Waals surface area contributed by atoms with Crippen molar-refractivity contribution in [3.05, 3.63) is 33.8 Å². The lowest BCUT2D eigenvalue weighted by molar-refractivity contribution is 0.236. The smallest absolute Gasteiger partial charge is 0.165 e. The van der Waals surface area contributed by atoms with E-state index in [0.717, 1.165) is 10.0 Å². The molecule has 12 heavy (non-hydrogen) atoms. The van der Waals surface area contributed by atoms with E-state index in [4.69, 9.17) is 5.26 Å². The highest BCUT2D eigenvalue weighted by Gasteiger charge is 2.05. The number of halogens is 1. The van der Waals surface area contributed by atoms with Gasteiger partial charge in [-0.25, -0.2) is 0 Å². The second-order valence-corrected chi connectivity index (χ2v) is 3.51. The van der Waals surface area contributed by atoms with Crippen LogP contribution in [0.3, 0.4) is 0 Å². The van der Waals surface area contributed by atoms with Crippen LogP contribution < -0.4 is 0 Å². The van der Waals surface area contributed by atoms with E-state index < -0.39 is 6.10 Å². The number of aryl methyl sites for hydroxylation is 1. The van der Waals surface area contributed by atoms with Crippen molar-refractivity contribution in [1.29, 1.82) is 5.26 Å². The number of hydrogen-bond donors (Lipinski definition) is 1. The topological polar surface area (TPSA) is 44.0 Å². The Kier molecular flexibility index (Phi) is 2.85. The fourth-order valence-corrected chi connectivity index (χ4v) is 1.62. The SMILES string of the molecule is Cc1cc(Br)cc(C(O)C#N)c1. The Morgan fingerprint density at radius 1 is 1.50 bits per heavy atom. The second-order valence-electron chi connectivity index (χ2n) is 2.59. The molecule has 0 bridgehead atoms. The van der Waals surface area contributed by atoms with Crippen LogP contribution in [0.5, 0.6) is 0 Å². The molecular weight excluding hydrogens is 218 g/mol. The lowest BCUT2D eigenvalue weighted by Crippen LogP contribution is -1.93. The van der Waals surface area contributed by atoms with E-state index in [2.05, 4.69) is 15.9 Å². The van der Waals surface area contributed by atoms with E-state index >= 15 is 0 Å². The molecule has 0 aliphatic carbocycles. The van der Waals surface area contributed by atoms with E-state index in [1.54, 1.807) is 18.2 Å². The monoisotopic (exact) mass is 225 g/mol. The summed E-state index contributed by atoms with van der Waals surface area (Å²) in [5, 5.41) is 17.7. The second kappa shape index (κ2) is 3.70. The predicted molar refractivity (Wildman–Crippen MR) is 49.5 cm³/mol. The van der Waals surface area contributed by atoms with Gasteiger partial charge in [0.05, 0.1) is 6.07 Å². The molecule has 1 aromatic carbocycles. The van der Waals surface area contributed by atoms with Gasteiger partial charge in [-0.15, -0.1) is 0 Å². The minimum absolute atomic E-state index is 0.629. The first kappa shape index (κ1) is 9.24. The number of benzene rings is 1. The van der Waals surface area contributed by atoms with Gasteiger partial charge in [0.25, 0.3) is 0 Å². The number of hydrogen-bond acceptors (Lipinski definition) is 2. The van der Waals surface area contributed by atoms with Gasteiger partial charge in [0.1, 0.15) is 0 Å². The highest BCUT2D eigenvalue weighted by atomic mass is 79.9. The highest BCUT2D eigenvalue weighted by Crippen LogP contribution is 2.19. The molecule has 0 saturated carbocycles. The van der Waals surface area contributed by atoms with Crippen molar-refractivity contribution in [3.8, 4) is 6.07 Å². The van der Waals surface area contributed by atoms with Crippen molar-refractivity contribution in [2.45, 2.75) is 13.0 Å². The molecule has 2 nitrogen and oxygen atoms in total. The maximum Gasteiger partial charge on any atom is 0.165 e. The first-order valence-electron chi connectivity index (χ1n) is 3.48. The number of nitrogens with zero attached hydrogens (tertiary/aromatic N) is 1. The first-order valence-corrected chi connectivity index (χ1v) is 4.27. The van der Waals surface area contributed by atoms with Crippen LogP contribution in [-0.2, 0) is 0 Å². The van der Waals surface area contributed by atoms with Gasteiger partial charge >= 0.3 is 0 Å². The summed E-state index contributed by atoms with van der Waals surface area (Å²) in [7, 11) is 0. The van der Waals surface area contributed by atoms with Crippen molar-refractivity contribution in [3.63, 3.8) is 0 Å². The summed E-state index contributed by atoms with van der Waals surface area (Å²) in [6.07, 6.45) is -1.03. The van der Waals surface area contributed by atoms with Crippen LogP contribution >= 0.6 is 15.9 Å². The Morgan fingerprint density at radius 2 is 2.17 bits per heavy atom. The molecule has 1 rings (SSSR count). The Bertz CT molecular complexity index is 310. The van der Waals surface area contributed by atoms with Crippen LogP contribution in [0.2, 0.25) is 0 Å². The van der Waals surface area contributed by atoms with E-state index in [1.165, 1.54) is 0 Å². The molecule has 0 fully saturated rings. The number of rotatable bonds is 1. The summed E-state index contributed by atoms with van der Waals surface area (Å²) < 4.78 is 0.881. The maximum atomic E-state index is 9.20. The van der Waals surface area contributed by atoms with E-state index in [-0.39, 0.29) is 0 Å². The molecule has 0 radical (unpaired) electrons. The normalized spacial score (nSPS) is 12.2. The van der Waals surface area contributed by atoms with E-state index in [0.29, 0.717) is 5.56 Å². The number of nitriles is 1. The molecule has 0 aliphatic heterocycles. The van der Waals surface area contributed by atoms with Gasteiger partial charge < -0.3 is 5.11 Å². The average molecular weight is 226 g/mol. The van der Waals surface area contributed by atoms with Crippen molar-refractivity contribution in [1.82, 2.24) is 0 Å². The predicted octanol–water partition coefficient (Wildman–Crippen LogP) is 2.31. The molecule has 62 valence electrons. The quantitative estimate of drug-likeness (QED) is 0.746. The molecule has 0 aromatic heterocycles. The zero-order chi connectivity index (χ0) is 9.14. The number of aliphatic hydroxyl groups excluding tert-OH is 1. The minimum Gasteiger partial charge on any atom is -0.374 e. The highest BCUT2D eigenvalue weighted by molar-refractivity contribution is 9.10. The first-order chi connectivity index (χ1) is 5.63. The van der Waals surface area contributed by atoms with Crippen LogP contribution in [0.15, 0.2) is 22.7 Å². The molecule has 0 aliphatic rings. The third kappa shape index (κ3) is 2.07. The Morgan fingerprint density at radius 3 is 2.67 bits per heavy atom. The zero-order valence-electron chi connectivity index (χ0n) is 6.58. The molecule has 0 spiro atoms. The van der Waals surface area contributed by atoms with Crippen LogP contribution in [0.1, 0.15) is 17.2 Å². The Hall–Kier alpha value is -0.850. The molecule has 3 heteroatoms. The third-order valence-corrected chi connectivity index (χ3v) is 1.96. The van der Waals surface area contributed by atoms with Gasteiger partial charge in [0, 0.05) is 4.47 Å². The fourth-order valence-electron chi connectivity index (χ4n) is 0.997. The van der Waals surface area contributed by atoms with E-state index in [1.807, 2.05) is 13.0 Å². The van der Waals surface area contributed by atoms with Crippen LogP contribution in [0, 0.1) is 18.3 Å². The zero-order valence-corrected chi connectivity index (χ0v) is 8.17. The van der Waals surface area contributed by atoms with Gasteiger partial charge in [0.15, 0.2) is 6.10 Å². The fraction of sp³-hybridized carbons (Fsp3) is 0.222. The van der Waals surface area contributed by atoms with Crippen LogP contribution in [0.25, 0.3) is 0 Å². The molecular formula is C9H8BrNO. The summed E-state index contributed by atoms with van der Waals surface area (Å²) in [4.78, 5) is 0. The largest absolute Gasteiger partial charge is 0.374 e. The van der Waals surface area contributed by atoms with Gasteiger partial charge in [-0.05, 0) is 30.2 Å². The molecule has 0 saturated heterocycles. The van der Waals surface area contributed by atoms with Gasteiger partial charge in [-0.3, -0.25) is 0 Å². The summed E-state index contributed by atoms with van der Waals surface area (Å²) in [6.45, 7) is 1.92. The van der Waals surface area contributed by atoms with Crippen molar-refractivity contribution in [2.24, 2.45) is 0 Å². The Labute approximate surface area is 79.6 Å². The van der Waals surface area contributed by atoms with Gasteiger partial charge in [0.2, 0.25) is 0 Å².